The molecule has 2 aromatic heterocycles. The van der Waals surface area contributed by atoms with Crippen molar-refractivity contribution in [3.05, 3.63) is 64.9 Å². The van der Waals surface area contributed by atoms with E-state index >= 15 is 0 Å². The Balaban J connectivity index is 1.60. The highest BCUT2D eigenvalue weighted by Gasteiger charge is 2.20. The molecule has 4 aromatic rings. The van der Waals surface area contributed by atoms with Gasteiger partial charge >= 0.3 is 0 Å². The summed E-state index contributed by atoms with van der Waals surface area (Å²) in [6, 6.07) is 16.3. The monoisotopic (exact) mass is 459 g/mol. The van der Waals surface area contributed by atoms with Gasteiger partial charge in [-0.05, 0) is 30.7 Å². The molecule has 0 fully saturated rings. The quantitative estimate of drug-likeness (QED) is 0.263. The molecule has 0 aliphatic heterocycles. The number of anilines is 1. The van der Waals surface area contributed by atoms with Crippen LogP contribution in [0.5, 0.6) is 0 Å². The fourth-order valence-electron chi connectivity index (χ4n) is 3.16. The van der Waals surface area contributed by atoms with E-state index in [2.05, 4.69) is 51.3 Å². The van der Waals surface area contributed by atoms with Crippen molar-refractivity contribution in [2.75, 3.05) is 25.6 Å². The van der Waals surface area contributed by atoms with Crippen LogP contribution in [0, 0.1) is 0 Å². The minimum absolute atomic E-state index is 0.0969. The number of imidazole rings is 1. The first-order chi connectivity index (χ1) is 14.6. The highest BCUT2D eigenvalue weighted by molar-refractivity contribution is 8.01. The van der Waals surface area contributed by atoms with Crippen molar-refractivity contribution in [2.24, 2.45) is 0 Å². The lowest BCUT2D eigenvalue weighted by atomic mass is 10.2. The Kier molecular flexibility index (Phi) is 6.89. The molecule has 0 spiro atoms. The van der Waals surface area contributed by atoms with E-state index < -0.39 is 0 Å². The number of hydrogen-bond donors (Lipinski definition) is 1. The zero-order valence-corrected chi connectivity index (χ0v) is 19.1. The Morgan fingerprint density at radius 3 is 2.83 bits per heavy atom. The topological polar surface area (TPSA) is 64.9 Å². The van der Waals surface area contributed by atoms with Crippen LogP contribution < -0.4 is 5.32 Å². The fourth-order valence-corrected chi connectivity index (χ4v) is 5.36. The summed E-state index contributed by atoms with van der Waals surface area (Å²) in [7, 11) is 1.68. The average Bonchev–Trinajstić information content (AvgIpc) is 3.33. The van der Waals surface area contributed by atoms with E-state index in [9.17, 15) is 0 Å². The Labute approximate surface area is 188 Å². The Hall–Kier alpha value is -2.13. The summed E-state index contributed by atoms with van der Waals surface area (Å²) in [5.41, 5.74) is 3.20. The van der Waals surface area contributed by atoms with Crippen LogP contribution in [0.25, 0.3) is 11.0 Å². The first kappa shape index (κ1) is 21.1. The summed E-state index contributed by atoms with van der Waals surface area (Å²) < 4.78 is 8.22. The van der Waals surface area contributed by atoms with Crippen molar-refractivity contribution in [3.63, 3.8) is 0 Å². The first-order valence-electron chi connectivity index (χ1n) is 9.56. The third-order valence-corrected chi connectivity index (χ3v) is 6.85. The maximum absolute atomic E-state index is 6.22. The number of aromatic nitrogens is 4. The minimum Gasteiger partial charge on any atom is -0.383 e. The molecule has 1 atom stereocenters. The summed E-state index contributed by atoms with van der Waals surface area (Å²) in [6.07, 6.45) is 0. The van der Waals surface area contributed by atoms with Crippen molar-refractivity contribution in [2.45, 2.75) is 23.1 Å². The minimum atomic E-state index is 0.0969. The predicted octanol–water partition coefficient (Wildman–Crippen LogP) is 5.50. The highest BCUT2D eigenvalue weighted by atomic mass is 35.5. The first-order valence-corrected chi connectivity index (χ1v) is 11.6. The molecule has 2 heterocycles. The fraction of sp³-hybridized carbons (Fsp3) is 0.286. The van der Waals surface area contributed by atoms with Gasteiger partial charge in [-0.15, -0.1) is 10.2 Å². The molecule has 0 aliphatic carbocycles. The molecular formula is C21H22ClN5OS2. The number of nitrogens with zero attached hydrogens (tertiary/aromatic N) is 4. The van der Waals surface area contributed by atoms with Gasteiger partial charge in [0.05, 0.1) is 22.9 Å². The second-order valence-electron chi connectivity index (χ2n) is 6.73. The summed E-state index contributed by atoms with van der Waals surface area (Å²) in [5, 5.41) is 13.3. The third kappa shape index (κ3) is 4.95. The van der Waals surface area contributed by atoms with Crippen molar-refractivity contribution in [1.29, 1.82) is 0 Å². The van der Waals surface area contributed by atoms with Gasteiger partial charge in [-0.2, -0.15) is 0 Å². The number of hydrogen-bond acceptors (Lipinski definition) is 7. The maximum Gasteiger partial charge on any atom is 0.206 e. The molecule has 156 valence electrons. The van der Waals surface area contributed by atoms with E-state index in [1.807, 2.05) is 24.3 Å². The second-order valence-corrected chi connectivity index (χ2v) is 9.73. The molecule has 1 unspecified atom stereocenters. The van der Waals surface area contributed by atoms with Crippen LogP contribution in [0.1, 0.15) is 23.6 Å². The third-order valence-electron chi connectivity index (χ3n) is 4.55. The Morgan fingerprint density at radius 1 is 1.20 bits per heavy atom. The summed E-state index contributed by atoms with van der Waals surface area (Å²) >= 11 is 9.42. The standard InChI is InChI=1S/C21H22ClN5OS2/c1-14(29-21-26-25-20(30-21)23-10-11-28-2)19-24-17-12-16(22)8-9-18(17)27(19)13-15-6-4-3-5-7-15/h3-9,12,14H,10-11,13H2,1-2H3,(H,23,25). The lowest BCUT2D eigenvalue weighted by Crippen LogP contribution is -2.06. The molecule has 0 saturated carbocycles. The summed E-state index contributed by atoms with van der Waals surface area (Å²) in [4.78, 5) is 4.92. The van der Waals surface area contributed by atoms with Crippen LogP contribution >= 0.6 is 34.7 Å². The van der Waals surface area contributed by atoms with E-state index in [-0.39, 0.29) is 5.25 Å². The number of thioether (sulfide) groups is 1. The van der Waals surface area contributed by atoms with Crippen molar-refractivity contribution >= 4 is 50.9 Å². The van der Waals surface area contributed by atoms with Gasteiger partial charge in [0.25, 0.3) is 0 Å². The second kappa shape index (κ2) is 9.78. The van der Waals surface area contributed by atoms with Crippen molar-refractivity contribution in [3.8, 4) is 0 Å². The van der Waals surface area contributed by atoms with E-state index in [4.69, 9.17) is 21.3 Å². The van der Waals surface area contributed by atoms with E-state index in [1.165, 1.54) is 5.56 Å². The van der Waals surface area contributed by atoms with Gasteiger partial charge in [-0.1, -0.05) is 65.0 Å². The molecule has 0 amide bonds. The average molecular weight is 460 g/mol. The van der Waals surface area contributed by atoms with Gasteiger partial charge in [0.1, 0.15) is 5.82 Å². The van der Waals surface area contributed by atoms with Crippen LogP contribution in [0.4, 0.5) is 5.13 Å². The summed E-state index contributed by atoms with van der Waals surface area (Å²) in [6.45, 7) is 4.23. The van der Waals surface area contributed by atoms with E-state index in [1.54, 1.807) is 30.2 Å². The van der Waals surface area contributed by atoms with E-state index in [0.29, 0.717) is 18.2 Å². The van der Waals surface area contributed by atoms with Crippen LogP contribution in [-0.4, -0.2) is 40.0 Å². The Bertz CT molecular complexity index is 1120. The van der Waals surface area contributed by atoms with Gasteiger partial charge in [-0.25, -0.2) is 4.98 Å². The number of rotatable bonds is 9. The van der Waals surface area contributed by atoms with Crippen molar-refractivity contribution in [1.82, 2.24) is 19.7 Å². The zero-order valence-electron chi connectivity index (χ0n) is 16.7. The Morgan fingerprint density at radius 2 is 2.03 bits per heavy atom. The normalized spacial score (nSPS) is 12.4. The van der Waals surface area contributed by atoms with E-state index in [0.717, 1.165) is 32.9 Å². The largest absolute Gasteiger partial charge is 0.383 e. The van der Waals surface area contributed by atoms with Crippen LogP contribution in [0.15, 0.2) is 52.9 Å². The number of ether oxygens (including phenoxy) is 1. The van der Waals surface area contributed by atoms with Crippen LogP contribution in [0.2, 0.25) is 5.02 Å². The molecule has 30 heavy (non-hydrogen) atoms. The number of methoxy groups -OCH3 is 1. The molecular weight excluding hydrogens is 438 g/mol. The SMILES string of the molecule is COCCNc1nnc(SC(C)c2nc3cc(Cl)ccc3n2Cc2ccccc2)s1. The van der Waals surface area contributed by atoms with Gasteiger partial charge in [0.2, 0.25) is 5.13 Å². The molecule has 6 nitrogen and oxygen atoms in total. The maximum atomic E-state index is 6.22. The highest BCUT2D eigenvalue weighted by Crippen LogP contribution is 2.38. The van der Waals surface area contributed by atoms with Crippen LogP contribution in [0.3, 0.4) is 0 Å². The summed E-state index contributed by atoms with van der Waals surface area (Å²) in [5.74, 6) is 0.991. The van der Waals surface area contributed by atoms with Crippen LogP contribution in [-0.2, 0) is 11.3 Å². The molecule has 0 aliphatic rings. The molecule has 2 aromatic carbocycles. The van der Waals surface area contributed by atoms with Gasteiger partial charge in [0, 0.05) is 25.2 Å². The lowest BCUT2D eigenvalue weighted by Gasteiger charge is -2.13. The van der Waals surface area contributed by atoms with Crippen molar-refractivity contribution < 1.29 is 4.74 Å². The zero-order chi connectivity index (χ0) is 20.9. The number of halogens is 1. The van der Waals surface area contributed by atoms with Gasteiger partial charge < -0.3 is 14.6 Å². The predicted molar refractivity (Wildman–Crippen MR) is 125 cm³/mol. The van der Waals surface area contributed by atoms with Gasteiger partial charge in [-0.3, -0.25) is 0 Å². The number of benzene rings is 2. The smallest absolute Gasteiger partial charge is 0.206 e. The molecule has 9 heteroatoms. The molecule has 4 rings (SSSR count). The molecule has 0 saturated heterocycles. The van der Waals surface area contributed by atoms with Gasteiger partial charge in [0.15, 0.2) is 4.34 Å². The number of fused-ring (bicyclic) bond motifs is 1. The molecule has 0 bridgehead atoms. The lowest BCUT2D eigenvalue weighted by molar-refractivity contribution is 0.211. The molecule has 0 radical (unpaired) electrons. The molecule has 1 N–H and O–H groups in total. The number of nitrogens with one attached hydrogen (secondary N) is 1.